The summed E-state index contributed by atoms with van der Waals surface area (Å²) < 4.78 is 0. The zero-order valence-electron chi connectivity index (χ0n) is 10.9. The Balaban J connectivity index is 2.08. The molecule has 2 atom stereocenters. The summed E-state index contributed by atoms with van der Waals surface area (Å²) in [5, 5.41) is 3.64. The predicted molar refractivity (Wildman–Crippen MR) is 67.2 cm³/mol. The lowest BCUT2D eigenvalue weighted by Gasteiger charge is -2.24. The third kappa shape index (κ3) is 4.52. The summed E-state index contributed by atoms with van der Waals surface area (Å²) in [6.07, 6.45) is 4.12. The number of likely N-dealkylation sites (N-methyl/N-ethyl adjacent to an activating group) is 1. The summed E-state index contributed by atoms with van der Waals surface area (Å²) in [7, 11) is 0. The lowest BCUT2D eigenvalue weighted by Crippen LogP contribution is -2.39. The molecule has 2 nitrogen and oxygen atoms in total. The average Bonchev–Trinajstić information content (AvgIpc) is 3.06. The van der Waals surface area contributed by atoms with Gasteiger partial charge in [-0.25, -0.2) is 0 Å². The quantitative estimate of drug-likeness (QED) is 0.665. The van der Waals surface area contributed by atoms with Crippen LogP contribution < -0.4 is 5.32 Å². The minimum atomic E-state index is 0.660. The van der Waals surface area contributed by atoms with Gasteiger partial charge in [-0.05, 0) is 32.2 Å². The fourth-order valence-electron chi connectivity index (χ4n) is 2.03. The minimum absolute atomic E-state index is 0.660. The van der Waals surface area contributed by atoms with Crippen LogP contribution >= 0.6 is 0 Å². The van der Waals surface area contributed by atoms with Crippen molar-refractivity contribution < 1.29 is 0 Å². The van der Waals surface area contributed by atoms with Gasteiger partial charge in [0.1, 0.15) is 0 Å². The van der Waals surface area contributed by atoms with Gasteiger partial charge < -0.3 is 5.32 Å². The van der Waals surface area contributed by atoms with E-state index in [0.29, 0.717) is 6.04 Å². The monoisotopic (exact) mass is 212 g/mol. The van der Waals surface area contributed by atoms with Crippen molar-refractivity contribution in [2.75, 3.05) is 19.6 Å². The number of nitrogens with one attached hydrogen (secondary N) is 1. The van der Waals surface area contributed by atoms with E-state index in [0.717, 1.165) is 18.5 Å². The van der Waals surface area contributed by atoms with Crippen LogP contribution in [0.5, 0.6) is 0 Å². The highest BCUT2D eigenvalue weighted by atomic mass is 15.2. The Morgan fingerprint density at radius 3 is 2.40 bits per heavy atom. The van der Waals surface area contributed by atoms with E-state index >= 15 is 0 Å². The maximum atomic E-state index is 3.64. The number of nitrogens with zero attached hydrogens (tertiary/aromatic N) is 1. The summed E-state index contributed by atoms with van der Waals surface area (Å²) in [4.78, 5) is 2.61. The first kappa shape index (κ1) is 13.0. The van der Waals surface area contributed by atoms with Crippen LogP contribution in [0.15, 0.2) is 0 Å². The first-order valence-corrected chi connectivity index (χ1v) is 6.66. The summed E-state index contributed by atoms with van der Waals surface area (Å²) in [5.41, 5.74) is 0. The zero-order chi connectivity index (χ0) is 11.3. The third-order valence-electron chi connectivity index (χ3n) is 3.83. The smallest absolute Gasteiger partial charge is 0.0110 e. The van der Waals surface area contributed by atoms with Crippen molar-refractivity contribution >= 4 is 0 Å². The van der Waals surface area contributed by atoms with Crippen molar-refractivity contribution in [2.24, 2.45) is 5.92 Å². The Morgan fingerprint density at radius 2 is 1.93 bits per heavy atom. The molecular weight excluding hydrogens is 184 g/mol. The summed E-state index contributed by atoms with van der Waals surface area (Å²) in [6, 6.07) is 1.57. The zero-order valence-corrected chi connectivity index (χ0v) is 10.9. The van der Waals surface area contributed by atoms with E-state index in [1.807, 2.05) is 0 Å². The summed E-state index contributed by atoms with van der Waals surface area (Å²) in [6.45, 7) is 12.8. The van der Waals surface area contributed by atoms with Gasteiger partial charge in [0, 0.05) is 25.2 Å². The molecule has 0 aromatic carbocycles. The molecule has 2 heteroatoms. The fourth-order valence-corrected chi connectivity index (χ4v) is 2.03. The van der Waals surface area contributed by atoms with Gasteiger partial charge in [-0.1, -0.05) is 27.2 Å². The van der Waals surface area contributed by atoms with Gasteiger partial charge in [-0.2, -0.15) is 0 Å². The van der Waals surface area contributed by atoms with Crippen molar-refractivity contribution in [3.05, 3.63) is 0 Å². The summed E-state index contributed by atoms with van der Waals surface area (Å²) >= 11 is 0. The van der Waals surface area contributed by atoms with Gasteiger partial charge in [0.25, 0.3) is 0 Å². The number of hydrogen-bond donors (Lipinski definition) is 1. The molecule has 0 aliphatic heterocycles. The molecule has 0 saturated heterocycles. The van der Waals surface area contributed by atoms with Crippen LogP contribution in [-0.2, 0) is 0 Å². The molecule has 1 rings (SSSR count). The Labute approximate surface area is 95.4 Å². The summed E-state index contributed by atoms with van der Waals surface area (Å²) in [5.74, 6) is 0.793. The van der Waals surface area contributed by atoms with Gasteiger partial charge in [-0.3, -0.25) is 4.90 Å². The molecule has 2 unspecified atom stereocenters. The van der Waals surface area contributed by atoms with Crippen LogP contribution in [0, 0.1) is 5.92 Å². The second kappa shape index (κ2) is 6.49. The first-order valence-electron chi connectivity index (χ1n) is 6.66. The van der Waals surface area contributed by atoms with E-state index < -0.39 is 0 Å². The van der Waals surface area contributed by atoms with Crippen molar-refractivity contribution in [3.8, 4) is 0 Å². The molecule has 0 bridgehead atoms. The Kier molecular flexibility index (Phi) is 5.62. The predicted octanol–water partition coefficient (Wildman–Crippen LogP) is 2.49. The molecular formula is C13H28N2. The lowest BCUT2D eigenvalue weighted by molar-refractivity contribution is 0.265. The Morgan fingerprint density at radius 1 is 1.27 bits per heavy atom. The molecule has 0 aromatic rings. The van der Waals surface area contributed by atoms with Gasteiger partial charge >= 0.3 is 0 Å². The molecule has 1 aliphatic rings. The molecule has 1 saturated carbocycles. The molecule has 90 valence electrons. The third-order valence-corrected chi connectivity index (χ3v) is 3.83. The van der Waals surface area contributed by atoms with Crippen LogP contribution in [0.4, 0.5) is 0 Å². The van der Waals surface area contributed by atoms with E-state index in [4.69, 9.17) is 0 Å². The van der Waals surface area contributed by atoms with Crippen LogP contribution in [-0.4, -0.2) is 36.6 Å². The molecule has 1 fully saturated rings. The van der Waals surface area contributed by atoms with E-state index in [-0.39, 0.29) is 0 Å². The van der Waals surface area contributed by atoms with E-state index in [9.17, 15) is 0 Å². The highest BCUT2D eigenvalue weighted by molar-refractivity contribution is 4.84. The number of hydrogen-bond acceptors (Lipinski definition) is 2. The van der Waals surface area contributed by atoms with Crippen molar-refractivity contribution in [3.63, 3.8) is 0 Å². The molecule has 0 spiro atoms. The fraction of sp³-hybridized carbons (Fsp3) is 1.00. The van der Waals surface area contributed by atoms with Crippen LogP contribution in [0.25, 0.3) is 0 Å². The van der Waals surface area contributed by atoms with Crippen molar-refractivity contribution in [2.45, 2.75) is 59.0 Å². The molecule has 1 N–H and O–H groups in total. The normalized spacial score (nSPS) is 20.6. The van der Waals surface area contributed by atoms with Gasteiger partial charge in [0.05, 0.1) is 0 Å². The lowest BCUT2D eigenvalue weighted by atomic mass is 10.0. The van der Waals surface area contributed by atoms with Gasteiger partial charge in [-0.15, -0.1) is 0 Å². The maximum absolute atomic E-state index is 3.64. The molecule has 0 aromatic heterocycles. The molecule has 1 aliphatic carbocycles. The Hall–Kier alpha value is -0.0800. The molecule has 15 heavy (non-hydrogen) atoms. The van der Waals surface area contributed by atoms with Crippen LogP contribution in [0.3, 0.4) is 0 Å². The largest absolute Gasteiger partial charge is 0.313 e. The highest BCUT2D eigenvalue weighted by Crippen LogP contribution is 2.25. The van der Waals surface area contributed by atoms with E-state index in [2.05, 4.69) is 37.9 Å². The number of rotatable bonds is 8. The second-order valence-corrected chi connectivity index (χ2v) is 4.99. The maximum Gasteiger partial charge on any atom is 0.0110 e. The van der Waals surface area contributed by atoms with Crippen molar-refractivity contribution in [1.29, 1.82) is 0 Å². The minimum Gasteiger partial charge on any atom is -0.313 e. The van der Waals surface area contributed by atoms with Crippen LogP contribution in [0.1, 0.15) is 47.0 Å². The van der Waals surface area contributed by atoms with Crippen molar-refractivity contribution in [1.82, 2.24) is 10.2 Å². The first-order chi connectivity index (χ1) is 7.19. The molecule has 0 amide bonds. The average molecular weight is 212 g/mol. The highest BCUT2D eigenvalue weighted by Gasteiger charge is 2.27. The van der Waals surface area contributed by atoms with E-state index in [1.54, 1.807) is 0 Å². The second-order valence-electron chi connectivity index (χ2n) is 4.99. The van der Waals surface area contributed by atoms with Gasteiger partial charge in [0.15, 0.2) is 0 Å². The topological polar surface area (TPSA) is 15.3 Å². The standard InChI is InChI=1S/C13H28N2/c1-5-11(3)12(4)14-9-10-15(6-2)13-7-8-13/h11-14H,5-10H2,1-4H3. The van der Waals surface area contributed by atoms with E-state index in [1.165, 1.54) is 32.4 Å². The Bertz CT molecular complexity index is 166. The molecule has 0 radical (unpaired) electrons. The SMILES string of the molecule is CCC(C)C(C)NCCN(CC)C1CC1. The van der Waals surface area contributed by atoms with Crippen LogP contribution in [0.2, 0.25) is 0 Å². The molecule has 0 heterocycles. The van der Waals surface area contributed by atoms with Gasteiger partial charge in [0.2, 0.25) is 0 Å².